The lowest BCUT2D eigenvalue weighted by Gasteiger charge is -2.47. The Morgan fingerprint density at radius 1 is 1.13 bits per heavy atom. The number of rotatable bonds is 4. The van der Waals surface area contributed by atoms with Crippen LogP contribution in [0.4, 0.5) is 17.6 Å². The molecular weight excluding hydrogens is 538 g/mol. The van der Waals surface area contributed by atoms with Gasteiger partial charge in [0.05, 0.1) is 27.9 Å². The number of carboxylic acid groups (broad SMARTS) is 1. The largest absolute Gasteiger partial charge is 0.490 e. The fraction of sp³-hybridized carbons (Fsp3) is 0.444. The number of hydrogen-bond acceptors (Lipinski definition) is 6. The summed E-state index contributed by atoms with van der Waals surface area (Å²) in [4.78, 5) is 29.8. The van der Waals surface area contributed by atoms with Crippen LogP contribution < -0.4 is 0 Å². The Bertz CT molecular complexity index is 1370. The molecule has 1 aromatic heterocycles. The minimum atomic E-state index is -5.08. The van der Waals surface area contributed by atoms with Gasteiger partial charge in [-0.05, 0) is 55.0 Å². The van der Waals surface area contributed by atoms with Crippen LogP contribution in [0.15, 0.2) is 41.9 Å². The second-order valence-electron chi connectivity index (χ2n) is 10.1. The number of ether oxygens (including phenoxy) is 1. The summed E-state index contributed by atoms with van der Waals surface area (Å²) in [7, 11) is 0. The predicted molar refractivity (Wildman–Crippen MR) is 137 cm³/mol. The van der Waals surface area contributed by atoms with Gasteiger partial charge in [-0.2, -0.15) is 13.2 Å². The smallest absolute Gasteiger partial charge is 0.475 e. The first-order chi connectivity index (χ1) is 18.5. The molecule has 2 saturated heterocycles. The lowest BCUT2D eigenvalue weighted by Crippen LogP contribution is -2.59. The van der Waals surface area contributed by atoms with Gasteiger partial charge < -0.3 is 14.7 Å². The number of amides is 1. The fourth-order valence-corrected chi connectivity index (χ4v) is 5.67. The summed E-state index contributed by atoms with van der Waals surface area (Å²) >= 11 is 1.61. The van der Waals surface area contributed by atoms with Gasteiger partial charge in [0.2, 0.25) is 5.91 Å². The summed E-state index contributed by atoms with van der Waals surface area (Å²) in [6.45, 7) is 3.23. The Balaban J connectivity index is 0.000000392. The lowest BCUT2D eigenvalue weighted by atomic mass is 9.89. The van der Waals surface area contributed by atoms with E-state index < -0.39 is 12.1 Å². The number of alkyl halides is 3. The highest BCUT2D eigenvalue weighted by Crippen LogP contribution is 2.36. The van der Waals surface area contributed by atoms with Crippen molar-refractivity contribution in [2.75, 3.05) is 26.2 Å². The van der Waals surface area contributed by atoms with E-state index in [-0.39, 0.29) is 23.9 Å². The van der Waals surface area contributed by atoms with E-state index in [2.05, 4.69) is 9.88 Å². The minimum absolute atomic E-state index is 0.136. The van der Waals surface area contributed by atoms with Gasteiger partial charge in [0.25, 0.3) is 0 Å². The first-order valence-electron chi connectivity index (χ1n) is 12.6. The lowest BCUT2D eigenvalue weighted by molar-refractivity contribution is -0.192. The molecule has 1 spiro atoms. The summed E-state index contributed by atoms with van der Waals surface area (Å²) in [6, 6.07) is 12.1. The van der Waals surface area contributed by atoms with Crippen LogP contribution >= 0.6 is 11.3 Å². The monoisotopic (exact) mass is 565 g/mol. The van der Waals surface area contributed by atoms with E-state index in [0.29, 0.717) is 12.6 Å². The SMILES string of the molecule is O=C(O)C(F)(F)F.O=C1COC2(CCN(Cc3ccc(-c4ccc5scnc5c4)cc3F)CC2)CN1C1CC1. The van der Waals surface area contributed by atoms with Crippen LogP contribution in [0.2, 0.25) is 0 Å². The van der Waals surface area contributed by atoms with E-state index in [4.69, 9.17) is 14.6 Å². The Morgan fingerprint density at radius 2 is 1.79 bits per heavy atom. The molecule has 3 fully saturated rings. The van der Waals surface area contributed by atoms with Gasteiger partial charge in [0, 0.05) is 31.2 Å². The number of carboxylic acids is 1. The summed E-state index contributed by atoms with van der Waals surface area (Å²) < 4.78 is 53.9. The van der Waals surface area contributed by atoms with Gasteiger partial charge >= 0.3 is 12.1 Å². The van der Waals surface area contributed by atoms with E-state index in [1.807, 2.05) is 40.7 Å². The Hall–Kier alpha value is -3.09. The number of aliphatic carboxylic acids is 1. The van der Waals surface area contributed by atoms with Gasteiger partial charge in [-0.15, -0.1) is 11.3 Å². The van der Waals surface area contributed by atoms with Gasteiger partial charge in [-0.1, -0.05) is 18.2 Å². The fourth-order valence-electron chi connectivity index (χ4n) is 5.02. The summed E-state index contributed by atoms with van der Waals surface area (Å²) in [5.74, 6) is -2.79. The van der Waals surface area contributed by atoms with Crippen molar-refractivity contribution in [2.45, 2.75) is 50.0 Å². The molecule has 3 heterocycles. The molecule has 208 valence electrons. The number of fused-ring (bicyclic) bond motifs is 1. The maximum Gasteiger partial charge on any atom is 0.490 e. The number of aromatic nitrogens is 1. The molecule has 7 nitrogen and oxygen atoms in total. The molecule has 2 aromatic carbocycles. The number of piperidine rings is 1. The van der Waals surface area contributed by atoms with E-state index in [9.17, 15) is 22.4 Å². The zero-order valence-electron chi connectivity index (χ0n) is 20.9. The molecule has 2 aliphatic heterocycles. The van der Waals surface area contributed by atoms with Crippen LogP contribution in [-0.2, 0) is 20.9 Å². The molecule has 3 aliphatic rings. The normalized spacial score (nSPS) is 19.7. The van der Waals surface area contributed by atoms with Crippen LogP contribution in [0.5, 0.6) is 0 Å². The van der Waals surface area contributed by atoms with Crippen LogP contribution in [0.1, 0.15) is 31.2 Å². The average Bonchev–Trinajstić information content (AvgIpc) is 3.64. The van der Waals surface area contributed by atoms with Crippen molar-refractivity contribution in [3.05, 3.63) is 53.3 Å². The number of benzene rings is 2. The summed E-state index contributed by atoms with van der Waals surface area (Å²) in [5, 5.41) is 7.12. The van der Waals surface area contributed by atoms with Crippen LogP contribution in [0, 0.1) is 5.82 Å². The molecule has 1 amide bonds. The maximum absolute atomic E-state index is 15.0. The Kier molecular flexibility index (Phi) is 7.62. The van der Waals surface area contributed by atoms with Crippen molar-refractivity contribution in [3.63, 3.8) is 0 Å². The molecule has 12 heteroatoms. The topological polar surface area (TPSA) is 83.0 Å². The zero-order valence-corrected chi connectivity index (χ0v) is 21.7. The highest BCUT2D eigenvalue weighted by atomic mass is 32.1. The number of carbonyl (C=O) groups is 2. The third kappa shape index (κ3) is 6.39. The molecule has 39 heavy (non-hydrogen) atoms. The quantitative estimate of drug-likeness (QED) is 0.444. The van der Waals surface area contributed by atoms with Gasteiger partial charge in [-0.3, -0.25) is 9.69 Å². The van der Waals surface area contributed by atoms with E-state index in [1.165, 1.54) is 0 Å². The van der Waals surface area contributed by atoms with Crippen molar-refractivity contribution < 1.29 is 37.0 Å². The molecule has 3 aromatic rings. The highest BCUT2D eigenvalue weighted by Gasteiger charge is 2.46. The summed E-state index contributed by atoms with van der Waals surface area (Å²) in [6.07, 6.45) is -1.06. The molecule has 0 bridgehead atoms. The van der Waals surface area contributed by atoms with E-state index in [1.54, 1.807) is 17.4 Å². The molecule has 6 rings (SSSR count). The van der Waals surface area contributed by atoms with Gasteiger partial charge in [0.1, 0.15) is 12.4 Å². The summed E-state index contributed by atoms with van der Waals surface area (Å²) in [5.41, 5.74) is 5.15. The number of carbonyl (C=O) groups excluding carboxylic acids is 1. The van der Waals surface area contributed by atoms with Crippen molar-refractivity contribution in [2.24, 2.45) is 0 Å². The number of thiazole rings is 1. The zero-order chi connectivity index (χ0) is 27.8. The second kappa shape index (κ2) is 10.8. The minimum Gasteiger partial charge on any atom is -0.475 e. The molecule has 1 saturated carbocycles. The first kappa shape index (κ1) is 27.5. The molecule has 0 unspecified atom stereocenters. The van der Waals surface area contributed by atoms with Gasteiger partial charge in [0.15, 0.2) is 0 Å². The third-order valence-corrected chi connectivity index (χ3v) is 8.20. The van der Waals surface area contributed by atoms with Crippen molar-refractivity contribution in [1.29, 1.82) is 0 Å². The van der Waals surface area contributed by atoms with Gasteiger partial charge in [-0.25, -0.2) is 14.2 Å². The highest BCUT2D eigenvalue weighted by molar-refractivity contribution is 7.16. The van der Waals surface area contributed by atoms with Crippen molar-refractivity contribution in [3.8, 4) is 11.1 Å². The number of halogens is 4. The van der Waals surface area contributed by atoms with E-state index >= 15 is 0 Å². The third-order valence-electron chi connectivity index (χ3n) is 7.39. The average molecular weight is 566 g/mol. The number of likely N-dealkylation sites (tertiary alicyclic amines) is 1. The Morgan fingerprint density at radius 3 is 2.44 bits per heavy atom. The van der Waals surface area contributed by atoms with Crippen molar-refractivity contribution in [1.82, 2.24) is 14.8 Å². The molecule has 0 radical (unpaired) electrons. The van der Waals surface area contributed by atoms with Crippen LogP contribution in [0.3, 0.4) is 0 Å². The molecule has 1 N–H and O–H groups in total. The first-order valence-corrected chi connectivity index (χ1v) is 13.5. The predicted octanol–water partition coefficient (Wildman–Crippen LogP) is 5.09. The standard InChI is InChI=1S/C25H26FN3O2S.C2HF3O2/c26-21-11-17(18-3-6-23-22(12-18)27-16-32-23)1-2-19(21)13-28-9-7-25(8-10-28)15-29(20-4-5-20)24(30)14-31-25;3-2(4,5)1(6)7/h1-3,6,11-12,16,20H,4-5,7-10,13-15H2;(H,6,7). The molecule has 1 aliphatic carbocycles. The van der Waals surface area contributed by atoms with Crippen molar-refractivity contribution >= 4 is 33.4 Å². The van der Waals surface area contributed by atoms with Crippen LogP contribution in [-0.4, -0.2) is 75.8 Å². The second-order valence-corrected chi connectivity index (χ2v) is 11.0. The Labute approximate surface area is 226 Å². The number of hydrogen-bond donors (Lipinski definition) is 1. The number of morpholine rings is 1. The van der Waals surface area contributed by atoms with E-state index in [0.717, 1.165) is 72.2 Å². The molecule has 0 atom stereocenters. The molecular formula is C27H27F4N3O4S. The van der Waals surface area contributed by atoms with Crippen LogP contribution in [0.25, 0.3) is 21.3 Å². The maximum atomic E-state index is 15.0. The number of nitrogens with zero attached hydrogens (tertiary/aromatic N) is 3.